The van der Waals surface area contributed by atoms with Gasteiger partial charge in [-0.25, -0.2) is 9.00 Å². The number of carbonyl (C=O) groups excluding carboxylic acids is 1. The first kappa shape index (κ1) is 16.9. The second kappa shape index (κ2) is 6.73. The predicted octanol–water partition coefficient (Wildman–Crippen LogP) is 3.45. The van der Waals surface area contributed by atoms with Crippen LogP contribution in [0.5, 0.6) is 0 Å². The number of nitrogens with zero attached hydrogens (tertiary/aromatic N) is 1. The van der Waals surface area contributed by atoms with E-state index in [-0.39, 0.29) is 10.7 Å². The summed E-state index contributed by atoms with van der Waals surface area (Å²) in [6.07, 6.45) is 2.69. The van der Waals surface area contributed by atoms with E-state index in [0.29, 0.717) is 12.2 Å². The second-order valence-electron chi connectivity index (χ2n) is 6.35. The van der Waals surface area contributed by atoms with Gasteiger partial charge in [-0.3, -0.25) is 0 Å². The van der Waals surface area contributed by atoms with E-state index in [1.807, 2.05) is 32.9 Å². The maximum Gasteiger partial charge on any atom is 0.338 e. The van der Waals surface area contributed by atoms with E-state index in [9.17, 15) is 9.00 Å². The van der Waals surface area contributed by atoms with Crippen molar-refractivity contribution in [2.45, 2.75) is 51.7 Å². The quantitative estimate of drug-likeness (QED) is 0.801. The lowest BCUT2D eigenvalue weighted by atomic mass is 9.89. The summed E-state index contributed by atoms with van der Waals surface area (Å²) < 4.78 is 21.4. The van der Waals surface area contributed by atoms with E-state index < -0.39 is 11.0 Å². The van der Waals surface area contributed by atoms with Gasteiger partial charge in [0.15, 0.2) is 0 Å². The van der Waals surface area contributed by atoms with Crippen molar-refractivity contribution in [2.75, 3.05) is 6.61 Å². The van der Waals surface area contributed by atoms with E-state index in [1.165, 1.54) is 0 Å². The third kappa shape index (κ3) is 3.83. The lowest BCUT2D eigenvalue weighted by Crippen LogP contribution is -2.22. The first-order valence-electron chi connectivity index (χ1n) is 7.63. The van der Waals surface area contributed by atoms with Crippen molar-refractivity contribution in [1.82, 2.24) is 0 Å². The van der Waals surface area contributed by atoms with Crippen LogP contribution in [-0.2, 0) is 22.1 Å². The number of aryl methyl sites for hydroxylation is 1. The van der Waals surface area contributed by atoms with Crippen molar-refractivity contribution in [2.24, 2.45) is 4.40 Å². The Morgan fingerprint density at radius 1 is 1.32 bits per heavy atom. The Hall–Kier alpha value is -1.49. The molecule has 0 amide bonds. The molecule has 1 atom stereocenters. The maximum absolute atomic E-state index is 12.3. The molecule has 120 valence electrons. The summed E-state index contributed by atoms with van der Waals surface area (Å²) in [5, 5.41) is 0. The van der Waals surface area contributed by atoms with Gasteiger partial charge in [0.1, 0.15) is 11.0 Å². The van der Waals surface area contributed by atoms with Gasteiger partial charge in [-0.05, 0) is 70.2 Å². The maximum atomic E-state index is 12.3. The third-order valence-corrected chi connectivity index (χ3v) is 4.94. The Bertz CT molecular complexity index is 629. The summed E-state index contributed by atoms with van der Waals surface area (Å²) in [6.45, 7) is 7.92. The van der Waals surface area contributed by atoms with Crippen LogP contribution in [0.15, 0.2) is 22.6 Å². The van der Waals surface area contributed by atoms with Gasteiger partial charge in [0.05, 0.1) is 22.6 Å². The Morgan fingerprint density at radius 2 is 2.05 bits per heavy atom. The molecule has 0 saturated heterocycles. The summed E-state index contributed by atoms with van der Waals surface area (Å²) in [5.74, 6) is -0.298. The van der Waals surface area contributed by atoms with E-state index in [4.69, 9.17) is 4.74 Å². The van der Waals surface area contributed by atoms with E-state index in [1.54, 1.807) is 13.0 Å². The molecule has 0 radical (unpaired) electrons. The van der Waals surface area contributed by atoms with Gasteiger partial charge in [-0.15, -0.1) is 0 Å². The molecular weight excluding hydrogens is 298 g/mol. The fraction of sp³-hybridized carbons (Fsp3) is 0.529. The number of fused-ring (bicyclic) bond motifs is 1. The first-order valence-corrected chi connectivity index (χ1v) is 8.73. The fourth-order valence-corrected chi connectivity index (χ4v) is 3.00. The molecule has 1 aliphatic rings. The average molecular weight is 321 g/mol. The molecule has 0 heterocycles. The van der Waals surface area contributed by atoms with Crippen molar-refractivity contribution in [3.63, 3.8) is 0 Å². The van der Waals surface area contributed by atoms with Crippen LogP contribution in [-0.4, -0.2) is 27.2 Å². The van der Waals surface area contributed by atoms with Gasteiger partial charge in [0.2, 0.25) is 0 Å². The molecule has 5 heteroatoms. The van der Waals surface area contributed by atoms with Crippen LogP contribution in [0.2, 0.25) is 0 Å². The van der Waals surface area contributed by atoms with Crippen LogP contribution in [0.4, 0.5) is 0 Å². The monoisotopic (exact) mass is 321 g/mol. The van der Waals surface area contributed by atoms with E-state index in [0.717, 1.165) is 36.1 Å². The van der Waals surface area contributed by atoms with Crippen LogP contribution in [0.3, 0.4) is 0 Å². The van der Waals surface area contributed by atoms with E-state index >= 15 is 0 Å². The summed E-state index contributed by atoms with van der Waals surface area (Å²) in [6, 6.07) is 5.54. The van der Waals surface area contributed by atoms with Crippen molar-refractivity contribution >= 4 is 22.7 Å². The van der Waals surface area contributed by atoms with Crippen molar-refractivity contribution in [3.8, 4) is 0 Å². The highest BCUT2D eigenvalue weighted by atomic mass is 32.2. The lowest BCUT2D eigenvalue weighted by molar-refractivity contribution is 0.0526. The number of benzene rings is 1. The van der Waals surface area contributed by atoms with Crippen molar-refractivity contribution in [3.05, 3.63) is 34.9 Å². The van der Waals surface area contributed by atoms with Crippen LogP contribution in [0.25, 0.3) is 0 Å². The molecule has 1 aromatic carbocycles. The SMILES string of the molecule is CCOC(=O)c1ccc2c(c1)CCCC2=N[S@](=O)C(C)(C)C. The molecule has 0 unspecified atom stereocenters. The standard InChI is InChI=1S/C17H23NO3S/c1-5-21-16(19)13-9-10-14-12(11-13)7-6-8-15(14)18-22(20)17(2,3)4/h9-11H,5-8H2,1-4H3/t22-/m1/s1. The Labute approximate surface area is 134 Å². The molecule has 0 bridgehead atoms. The highest BCUT2D eigenvalue weighted by Gasteiger charge is 2.23. The van der Waals surface area contributed by atoms with Crippen LogP contribution in [0, 0.1) is 0 Å². The molecule has 0 saturated carbocycles. The minimum atomic E-state index is -1.26. The third-order valence-electron chi connectivity index (χ3n) is 3.50. The summed E-state index contributed by atoms with van der Waals surface area (Å²) >= 11 is 0. The van der Waals surface area contributed by atoms with Crippen LogP contribution >= 0.6 is 0 Å². The topological polar surface area (TPSA) is 55.7 Å². The van der Waals surface area contributed by atoms with Gasteiger partial charge >= 0.3 is 5.97 Å². The number of carbonyl (C=O) groups is 1. The smallest absolute Gasteiger partial charge is 0.338 e. The number of rotatable bonds is 3. The molecule has 2 rings (SSSR count). The highest BCUT2D eigenvalue weighted by molar-refractivity contribution is 7.85. The fourth-order valence-electron chi connectivity index (χ4n) is 2.34. The first-order chi connectivity index (χ1) is 10.3. The Balaban J connectivity index is 2.34. The molecule has 0 spiro atoms. The lowest BCUT2D eigenvalue weighted by Gasteiger charge is -2.20. The van der Waals surface area contributed by atoms with Gasteiger partial charge in [0.25, 0.3) is 0 Å². The predicted molar refractivity (Wildman–Crippen MR) is 89.8 cm³/mol. The van der Waals surface area contributed by atoms with Crippen molar-refractivity contribution in [1.29, 1.82) is 0 Å². The normalized spacial score (nSPS) is 17.9. The molecule has 0 N–H and O–H groups in total. The molecule has 1 aromatic rings. The molecule has 0 aromatic heterocycles. The number of ether oxygens (including phenoxy) is 1. The van der Waals surface area contributed by atoms with Gasteiger partial charge in [-0.2, -0.15) is 4.40 Å². The summed E-state index contributed by atoms with van der Waals surface area (Å²) in [5.41, 5.74) is 3.54. The highest BCUT2D eigenvalue weighted by Crippen LogP contribution is 2.25. The zero-order chi connectivity index (χ0) is 16.3. The molecule has 0 aliphatic heterocycles. The second-order valence-corrected chi connectivity index (χ2v) is 8.25. The zero-order valence-corrected chi connectivity index (χ0v) is 14.5. The van der Waals surface area contributed by atoms with Gasteiger partial charge in [-0.1, -0.05) is 6.07 Å². The molecule has 22 heavy (non-hydrogen) atoms. The molecule has 0 fully saturated rings. The number of hydrogen-bond donors (Lipinski definition) is 0. The minimum Gasteiger partial charge on any atom is -0.462 e. The Kier molecular flexibility index (Phi) is 5.16. The molecule has 4 nitrogen and oxygen atoms in total. The minimum absolute atomic E-state index is 0.298. The van der Waals surface area contributed by atoms with Gasteiger partial charge in [0, 0.05) is 0 Å². The van der Waals surface area contributed by atoms with E-state index in [2.05, 4.69) is 4.40 Å². The summed E-state index contributed by atoms with van der Waals surface area (Å²) in [4.78, 5) is 11.8. The zero-order valence-electron chi connectivity index (χ0n) is 13.6. The Morgan fingerprint density at radius 3 is 2.68 bits per heavy atom. The summed E-state index contributed by atoms with van der Waals surface area (Å²) in [7, 11) is -1.26. The molecular formula is C17H23NO3S. The molecule has 1 aliphatic carbocycles. The van der Waals surface area contributed by atoms with Crippen molar-refractivity contribution < 1.29 is 13.7 Å². The number of esters is 1. The largest absolute Gasteiger partial charge is 0.462 e. The average Bonchev–Trinajstić information content (AvgIpc) is 2.46. The number of hydrogen-bond acceptors (Lipinski definition) is 3. The van der Waals surface area contributed by atoms with Crippen LogP contribution < -0.4 is 0 Å². The van der Waals surface area contributed by atoms with Gasteiger partial charge < -0.3 is 4.74 Å². The van der Waals surface area contributed by atoms with Crippen LogP contribution in [0.1, 0.15) is 62.0 Å².